The van der Waals surface area contributed by atoms with E-state index in [0.29, 0.717) is 5.69 Å². The van der Waals surface area contributed by atoms with Crippen molar-refractivity contribution in [1.82, 2.24) is 0 Å². The molecule has 0 aliphatic rings. The minimum absolute atomic E-state index is 0.0892. The molecule has 0 atom stereocenters. The van der Waals surface area contributed by atoms with Crippen LogP contribution >= 0.6 is 0 Å². The average molecular weight is 300 g/mol. The van der Waals surface area contributed by atoms with Crippen LogP contribution in [0.1, 0.15) is 13.8 Å². The number of anilines is 1. The van der Waals surface area contributed by atoms with Crippen molar-refractivity contribution in [3.05, 3.63) is 24.3 Å². The molecule has 0 unspecified atom stereocenters. The van der Waals surface area contributed by atoms with Crippen molar-refractivity contribution < 1.29 is 17.9 Å². The summed E-state index contributed by atoms with van der Waals surface area (Å²) in [7, 11) is -3.93. The molecule has 8 nitrogen and oxygen atoms in total. The lowest BCUT2D eigenvalue weighted by molar-refractivity contribution is 0.130. The minimum atomic E-state index is -3.93. The molecule has 0 saturated heterocycles. The molecule has 0 saturated carbocycles. The third-order valence-corrected chi connectivity index (χ3v) is 3.29. The van der Waals surface area contributed by atoms with Crippen LogP contribution in [0.4, 0.5) is 10.5 Å². The predicted molar refractivity (Wildman–Crippen MR) is 74.7 cm³/mol. The first-order chi connectivity index (χ1) is 9.20. The number of carbonyl (C=O) groups is 1. The number of sulfonamides is 1. The summed E-state index contributed by atoms with van der Waals surface area (Å²) >= 11 is 0. The zero-order chi connectivity index (χ0) is 15.3. The van der Waals surface area contributed by atoms with E-state index in [0.717, 1.165) is 0 Å². The van der Waals surface area contributed by atoms with Crippen molar-refractivity contribution in [2.75, 3.05) is 5.32 Å². The number of nitrogens with zero attached hydrogens (tertiary/aromatic N) is 1. The van der Waals surface area contributed by atoms with Gasteiger partial charge in [0.25, 0.3) is 10.0 Å². The summed E-state index contributed by atoms with van der Waals surface area (Å²) in [6.07, 6.45) is -0.878. The number of nitrogens with one attached hydrogen (secondary N) is 1. The Morgan fingerprint density at radius 1 is 1.25 bits per heavy atom. The molecule has 20 heavy (non-hydrogen) atoms. The monoisotopic (exact) mass is 300 g/mol. The van der Waals surface area contributed by atoms with E-state index in [1.165, 1.54) is 24.3 Å². The van der Waals surface area contributed by atoms with Gasteiger partial charge in [-0.3, -0.25) is 5.32 Å². The number of guanidine groups is 1. The van der Waals surface area contributed by atoms with Crippen molar-refractivity contribution in [3.63, 3.8) is 0 Å². The maximum Gasteiger partial charge on any atom is 0.411 e. The SMILES string of the molecule is CC(C)OC(=O)Nc1ccc(S(=O)(=O)N=C(N)N)cc1. The summed E-state index contributed by atoms with van der Waals surface area (Å²) in [5, 5.41) is 2.45. The largest absolute Gasteiger partial charge is 0.447 e. The molecule has 1 aromatic carbocycles. The Hall–Kier alpha value is -2.29. The van der Waals surface area contributed by atoms with Crippen molar-refractivity contribution in [1.29, 1.82) is 0 Å². The van der Waals surface area contributed by atoms with Crippen molar-refractivity contribution in [2.45, 2.75) is 24.8 Å². The Morgan fingerprint density at radius 3 is 2.25 bits per heavy atom. The highest BCUT2D eigenvalue weighted by atomic mass is 32.2. The third kappa shape index (κ3) is 4.76. The van der Waals surface area contributed by atoms with E-state index < -0.39 is 22.1 Å². The quantitative estimate of drug-likeness (QED) is 0.550. The van der Waals surface area contributed by atoms with E-state index in [1.54, 1.807) is 13.8 Å². The Balaban J connectivity index is 2.85. The molecule has 0 spiro atoms. The zero-order valence-corrected chi connectivity index (χ0v) is 11.8. The highest BCUT2D eigenvalue weighted by molar-refractivity contribution is 7.90. The molecule has 0 aromatic heterocycles. The standard InChI is InChI=1S/C11H16N4O4S/c1-7(2)19-11(16)14-8-3-5-9(6-4-8)20(17,18)15-10(12)13/h3-7H,1-2H3,(H,14,16)(H4,12,13,15). The topological polar surface area (TPSA) is 137 Å². The van der Waals surface area contributed by atoms with Gasteiger partial charge in [-0.25, -0.2) is 4.79 Å². The number of ether oxygens (including phenoxy) is 1. The van der Waals surface area contributed by atoms with Crippen molar-refractivity contribution in [2.24, 2.45) is 15.9 Å². The fourth-order valence-corrected chi connectivity index (χ4v) is 2.13. The van der Waals surface area contributed by atoms with Gasteiger partial charge in [-0.2, -0.15) is 8.42 Å². The second-order valence-electron chi connectivity index (χ2n) is 4.09. The summed E-state index contributed by atoms with van der Waals surface area (Å²) in [6, 6.07) is 5.34. The molecule has 1 aromatic rings. The summed E-state index contributed by atoms with van der Waals surface area (Å²) in [6.45, 7) is 3.43. The van der Waals surface area contributed by atoms with Gasteiger partial charge in [-0.05, 0) is 38.1 Å². The molecular formula is C11H16N4O4S. The number of benzene rings is 1. The molecule has 0 radical (unpaired) electrons. The number of carbonyl (C=O) groups excluding carboxylic acids is 1. The lowest BCUT2D eigenvalue weighted by Crippen LogP contribution is -2.24. The lowest BCUT2D eigenvalue weighted by Gasteiger charge is -2.09. The van der Waals surface area contributed by atoms with Crippen LogP contribution in [0.5, 0.6) is 0 Å². The fourth-order valence-electron chi connectivity index (χ4n) is 1.26. The molecule has 110 valence electrons. The second-order valence-corrected chi connectivity index (χ2v) is 5.70. The van der Waals surface area contributed by atoms with E-state index in [9.17, 15) is 13.2 Å². The van der Waals surface area contributed by atoms with Gasteiger partial charge >= 0.3 is 6.09 Å². The number of hydrogen-bond acceptors (Lipinski definition) is 4. The molecule has 0 fully saturated rings. The molecule has 0 bridgehead atoms. The molecule has 1 rings (SSSR count). The van der Waals surface area contributed by atoms with E-state index in [1.807, 2.05) is 0 Å². The Kier molecular flexibility index (Phi) is 4.92. The van der Waals surface area contributed by atoms with Gasteiger partial charge in [-0.15, -0.1) is 4.40 Å². The Morgan fingerprint density at radius 2 is 1.80 bits per heavy atom. The molecule has 9 heteroatoms. The molecular weight excluding hydrogens is 284 g/mol. The van der Waals surface area contributed by atoms with E-state index in [-0.39, 0.29) is 11.0 Å². The van der Waals surface area contributed by atoms with Crippen LogP contribution in [0.25, 0.3) is 0 Å². The summed E-state index contributed by atoms with van der Waals surface area (Å²) in [5.74, 6) is -0.548. The van der Waals surface area contributed by atoms with Gasteiger partial charge in [0.15, 0.2) is 0 Å². The first-order valence-corrected chi connectivity index (χ1v) is 7.08. The van der Waals surface area contributed by atoms with E-state index >= 15 is 0 Å². The van der Waals surface area contributed by atoms with Crippen LogP contribution < -0.4 is 16.8 Å². The molecule has 0 aliphatic heterocycles. The van der Waals surface area contributed by atoms with Crippen LogP contribution in [0.3, 0.4) is 0 Å². The molecule has 1 amide bonds. The first kappa shape index (κ1) is 15.8. The highest BCUT2D eigenvalue weighted by Crippen LogP contribution is 2.16. The molecule has 5 N–H and O–H groups in total. The molecule has 0 heterocycles. The maximum atomic E-state index is 11.7. The summed E-state index contributed by atoms with van der Waals surface area (Å²) in [5.41, 5.74) is 10.5. The lowest BCUT2D eigenvalue weighted by atomic mass is 10.3. The van der Waals surface area contributed by atoms with Crippen molar-refractivity contribution >= 4 is 27.8 Å². The van der Waals surface area contributed by atoms with Gasteiger partial charge in [0.2, 0.25) is 5.96 Å². The second kappa shape index (κ2) is 6.24. The van der Waals surface area contributed by atoms with Crippen molar-refractivity contribution in [3.8, 4) is 0 Å². The third-order valence-electron chi connectivity index (χ3n) is 1.97. The maximum absolute atomic E-state index is 11.7. The zero-order valence-electron chi connectivity index (χ0n) is 11.0. The first-order valence-electron chi connectivity index (χ1n) is 5.64. The Labute approximate surface area is 116 Å². The van der Waals surface area contributed by atoms with E-state index in [4.69, 9.17) is 16.2 Å². The normalized spacial score (nSPS) is 10.9. The van der Waals surface area contributed by atoms with Crippen LogP contribution in [0.15, 0.2) is 33.6 Å². The van der Waals surface area contributed by atoms with Crippen LogP contribution in [-0.2, 0) is 14.8 Å². The summed E-state index contributed by atoms with van der Waals surface area (Å²) < 4.78 is 31.3. The number of amides is 1. The number of nitrogens with two attached hydrogens (primary N) is 2. The van der Waals surface area contributed by atoms with Gasteiger partial charge < -0.3 is 16.2 Å². The van der Waals surface area contributed by atoms with E-state index in [2.05, 4.69) is 9.71 Å². The fraction of sp³-hybridized carbons (Fsp3) is 0.273. The Bertz CT molecular complexity index is 604. The van der Waals surface area contributed by atoms with Gasteiger partial charge in [0.1, 0.15) is 0 Å². The van der Waals surface area contributed by atoms with Crippen LogP contribution in [0.2, 0.25) is 0 Å². The number of hydrogen-bond donors (Lipinski definition) is 3. The summed E-state index contributed by atoms with van der Waals surface area (Å²) in [4.78, 5) is 11.3. The molecule has 0 aliphatic carbocycles. The smallest absolute Gasteiger partial charge is 0.411 e. The van der Waals surface area contributed by atoms with Crippen LogP contribution in [0, 0.1) is 0 Å². The van der Waals surface area contributed by atoms with Gasteiger partial charge in [0.05, 0.1) is 11.0 Å². The van der Waals surface area contributed by atoms with Gasteiger partial charge in [-0.1, -0.05) is 0 Å². The van der Waals surface area contributed by atoms with Crippen LogP contribution in [-0.4, -0.2) is 26.6 Å². The highest BCUT2D eigenvalue weighted by Gasteiger charge is 2.13. The van der Waals surface area contributed by atoms with Gasteiger partial charge in [0, 0.05) is 5.69 Å². The predicted octanol–water partition coefficient (Wildman–Crippen LogP) is 0.606. The number of rotatable bonds is 4. The average Bonchev–Trinajstić information content (AvgIpc) is 2.26. The minimum Gasteiger partial charge on any atom is -0.447 e.